The first-order chi connectivity index (χ1) is 18.5. The van der Waals surface area contributed by atoms with Crippen molar-refractivity contribution in [3.05, 3.63) is 11.6 Å². The molecule has 8 atom stereocenters. The summed E-state index contributed by atoms with van der Waals surface area (Å²) in [7, 11) is 0. The summed E-state index contributed by atoms with van der Waals surface area (Å²) in [5, 5.41) is 0. The number of rotatable bonds is 12. The van der Waals surface area contributed by atoms with Crippen LogP contribution in [0.5, 0.6) is 0 Å². The van der Waals surface area contributed by atoms with Crippen LogP contribution in [-0.4, -0.2) is 61.7 Å². The van der Waals surface area contributed by atoms with E-state index in [0.717, 1.165) is 25.7 Å². The van der Waals surface area contributed by atoms with Gasteiger partial charge in [-0.3, -0.25) is 4.79 Å². The first-order valence-corrected chi connectivity index (χ1v) is 15.3. The van der Waals surface area contributed by atoms with E-state index in [9.17, 15) is 9.59 Å². The van der Waals surface area contributed by atoms with Gasteiger partial charge in [0.15, 0.2) is 0 Å². The zero-order chi connectivity index (χ0) is 29.7. The molecule has 2 aliphatic rings. The minimum atomic E-state index is -0.261. The molecule has 0 saturated heterocycles. The fraction of sp³-hybridized carbons (Fsp3) is 0.871. The van der Waals surface area contributed by atoms with Gasteiger partial charge in [0.25, 0.3) is 0 Å². The highest BCUT2D eigenvalue weighted by Crippen LogP contribution is 2.37. The van der Waals surface area contributed by atoms with E-state index in [1.807, 2.05) is 19.9 Å². The summed E-state index contributed by atoms with van der Waals surface area (Å²) in [5.74, 6) is 0.128. The second kappa shape index (κ2) is 19.6. The van der Waals surface area contributed by atoms with Crippen LogP contribution in [-0.2, 0) is 28.5 Å². The molecule has 0 unspecified atom stereocenters. The van der Waals surface area contributed by atoms with Gasteiger partial charge in [0.2, 0.25) is 0 Å². The van der Waals surface area contributed by atoms with E-state index in [1.165, 1.54) is 0 Å². The second-order valence-electron chi connectivity index (χ2n) is 11.2. The molecular weight excluding hydrogens is 510 g/mol. The van der Waals surface area contributed by atoms with Crippen LogP contribution in [0.2, 0.25) is 0 Å². The Morgan fingerprint density at radius 3 is 1.82 bits per heavy atom. The van der Waals surface area contributed by atoms with E-state index >= 15 is 0 Å². The smallest absolute Gasteiger partial charge is 0.333 e. The minimum absolute atomic E-state index is 0. The largest absolute Gasteiger partial charge is 0.466 e. The van der Waals surface area contributed by atoms with E-state index in [4.69, 9.17) is 30.4 Å². The van der Waals surface area contributed by atoms with Gasteiger partial charge in [0, 0.05) is 23.6 Å². The molecule has 0 aromatic carbocycles. The van der Waals surface area contributed by atoms with Gasteiger partial charge in [-0.15, -0.1) is 0 Å². The molecule has 0 spiro atoms. The lowest BCUT2D eigenvalue weighted by Gasteiger charge is -2.43. The first-order valence-electron chi connectivity index (χ1n) is 15.3. The van der Waals surface area contributed by atoms with Gasteiger partial charge < -0.3 is 36.6 Å². The average Bonchev–Trinajstić information content (AvgIpc) is 2.92. The van der Waals surface area contributed by atoms with Crippen LogP contribution in [0.1, 0.15) is 101 Å². The Morgan fingerprint density at radius 1 is 0.800 bits per heavy atom. The molecular formula is C31H61N3O6. The first kappa shape index (κ1) is 38.5. The van der Waals surface area contributed by atoms with Crippen LogP contribution >= 0.6 is 0 Å². The van der Waals surface area contributed by atoms with Crippen LogP contribution in [0.3, 0.4) is 0 Å². The van der Waals surface area contributed by atoms with Gasteiger partial charge in [-0.2, -0.15) is 0 Å². The van der Waals surface area contributed by atoms with Crippen molar-refractivity contribution in [3.8, 4) is 0 Å². The highest BCUT2D eigenvalue weighted by molar-refractivity contribution is 5.88. The Bertz CT molecular complexity index is 755. The lowest BCUT2D eigenvalue weighted by molar-refractivity contribution is -0.161. The molecule has 0 aliphatic heterocycles. The van der Waals surface area contributed by atoms with Crippen molar-refractivity contribution in [2.75, 3.05) is 13.2 Å². The summed E-state index contributed by atoms with van der Waals surface area (Å²) < 4.78 is 22.6. The Hall–Kier alpha value is -1.52. The summed E-state index contributed by atoms with van der Waals surface area (Å²) in [5.41, 5.74) is 13.0. The highest BCUT2D eigenvalue weighted by Gasteiger charge is 2.44. The number of nitrogens with two attached hydrogens (primary N) is 2. The van der Waals surface area contributed by atoms with Gasteiger partial charge in [-0.25, -0.2) is 4.79 Å². The molecule has 0 amide bonds. The number of hydrogen-bond acceptors (Lipinski definition) is 9. The van der Waals surface area contributed by atoms with Gasteiger partial charge in [-0.1, -0.05) is 48.5 Å². The zero-order valence-electron chi connectivity index (χ0n) is 26.8. The molecule has 7 N–H and O–H groups in total. The zero-order valence-corrected chi connectivity index (χ0v) is 26.8. The van der Waals surface area contributed by atoms with E-state index < -0.39 is 0 Å². The quantitative estimate of drug-likeness (QED) is 0.263. The van der Waals surface area contributed by atoms with E-state index in [-0.39, 0.29) is 78.3 Å². The van der Waals surface area contributed by atoms with Crippen LogP contribution in [0.15, 0.2) is 11.6 Å². The molecule has 0 radical (unpaired) electrons. The van der Waals surface area contributed by atoms with Gasteiger partial charge in [-0.05, 0) is 70.3 Å². The Labute approximate surface area is 244 Å². The third-order valence-electron chi connectivity index (χ3n) is 8.53. The Balaban J connectivity index is 0.000000743. The standard InChI is InChI=1S/C16H31NO3.C15H27NO3.H3N/c1-6-12(7-2)20-15-10(4)13(16(18)19-8-3)9-14(17)11(15)5;1-5-12(6-2)19-14-9-11(15(17)18-7-3)8-13(16)10(14)4;/h10-15H,6-9,17H2,1-5H3;9-10,12-14H,5-8,16H2,1-4H3;1H3/t10-,11-,13-,14+,15-;10-,13+,14-;/m11./s1. The maximum Gasteiger partial charge on any atom is 0.333 e. The lowest BCUT2D eigenvalue weighted by atomic mass is 9.70. The van der Waals surface area contributed by atoms with Crippen molar-refractivity contribution < 1.29 is 28.5 Å². The second-order valence-corrected chi connectivity index (χ2v) is 11.2. The average molecular weight is 572 g/mol. The molecule has 9 heteroatoms. The maximum atomic E-state index is 12.1. The summed E-state index contributed by atoms with van der Waals surface area (Å²) in [6, 6.07) is -0.0521. The number of ether oxygens (including phenoxy) is 4. The van der Waals surface area contributed by atoms with E-state index in [0.29, 0.717) is 31.6 Å². The number of carbonyl (C=O) groups excluding carboxylic acids is 2. The number of esters is 2. The maximum absolute atomic E-state index is 12.1. The fourth-order valence-corrected chi connectivity index (χ4v) is 5.53. The molecule has 0 heterocycles. The van der Waals surface area contributed by atoms with Gasteiger partial charge in [0.05, 0.1) is 43.5 Å². The normalized spacial score (nSPS) is 30.1. The third-order valence-corrected chi connectivity index (χ3v) is 8.53. The molecule has 0 aromatic heterocycles. The molecule has 236 valence electrons. The minimum Gasteiger partial charge on any atom is -0.466 e. The number of hydrogen-bond donors (Lipinski definition) is 3. The molecule has 40 heavy (non-hydrogen) atoms. The highest BCUT2D eigenvalue weighted by atomic mass is 16.5. The van der Waals surface area contributed by atoms with Crippen LogP contribution in [0.4, 0.5) is 0 Å². The Morgan fingerprint density at radius 2 is 1.32 bits per heavy atom. The monoisotopic (exact) mass is 571 g/mol. The van der Waals surface area contributed by atoms with Crippen molar-refractivity contribution >= 4 is 11.9 Å². The molecule has 1 saturated carbocycles. The number of carbonyl (C=O) groups is 2. The van der Waals surface area contributed by atoms with Crippen molar-refractivity contribution in [1.82, 2.24) is 6.15 Å². The van der Waals surface area contributed by atoms with Crippen LogP contribution in [0.25, 0.3) is 0 Å². The Kier molecular flexibility index (Phi) is 18.8. The summed E-state index contributed by atoms with van der Waals surface area (Å²) >= 11 is 0. The molecule has 0 bridgehead atoms. The van der Waals surface area contributed by atoms with Crippen LogP contribution in [0, 0.1) is 23.7 Å². The molecule has 9 nitrogen and oxygen atoms in total. The van der Waals surface area contributed by atoms with Gasteiger partial charge >= 0.3 is 11.9 Å². The predicted molar refractivity (Wildman–Crippen MR) is 161 cm³/mol. The van der Waals surface area contributed by atoms with Crippen molar-refractivity contribution in [3.63, 3.8) is 0 Å². The predicted octanol–water partition coefficient (Wildman–Crippen LogP) is 5.32. The third kappa shape index (κ3) is 11.0. The molecule has 1 fully saturated rings. The molecule has 0 aromatic rings. The lowest BCUT2D eigenvalue weighted by Crippen LogP contribution is -2.52. The SMILES string of the molecule is CCOC(=O)C1=C[C@@H](OC(CC)CC)[C@H](C)[C@@H](N)C1.CCOC(=O)[C@@H]1C[C@H](N)[C@@H](C)[C@H](OC(CC)CC)[C@@H]1C.N. The van der Waals surface area contributed by atoms with E-state index in [2.05, 4.69) is 48.5 Å². The summed E-state index contributed by atoms with van der Waals surface area (Å²) in [6.07, 6.45) is 7.52. The van der Waals surface area contributed by atoms with Crippen molar-refractivity contribution in [2.45, 2.75) is 137 Å². The summed E-state index contributed by atoms with van der Waals surface area (Å²) in [4.78, 5) is 23.9. The summed E-state index contributed by atoms with van der Waals surface area (Å²) in [6.45, 7) is 19.3. The fourth-order valence-electron chi connectivity index (χ4n) is 5.53. The van der Waals surface area contributed by atoms with Crippen LogP contribution < -0.4 is 17.6 Å². The molecule has 2 aliphatic carbocycles. The van der Waals surface area contributed by atoms with Crippen molar-refractivity contribution in [1.29, 1.82) is 0 Å². The van der Waals surface area contributed by atoms with Gasteiger partial charge in [0.1, 0.15) is 0 Å². The molecule has 2 rings (SSSR count). The topological polar surface area (TPSA) is 158 Å². The van der Waals surface area contributed by atoms with Crippen molar-refractivity contribution in [2.24, 2.45) is 35.1 Å². The van der Waals surface area contributed by atoms with E-state index in [1.54, 1.807) is 0 Å².